The summed E-state index contributed by atoms with van der Waals surface area (Å²) in [7, 11) is 0. The third-order valence-corrected chi connectivity index (χ3v) is 4.67. The Morgan fingerprint density at radius 1 is 0.893 bits per heavy atom. The van der Waals surface area contributed by atoms with Crippen molar-refractivity contribution in [3.05, 3.63) is 88.7 Å². The Balaban J connectivity index is 1.76. The molecular weight excluding hydrogens is 350 g/mol. The van der Waals surface area contributed by atoms with Crippen molar-refractivity contribution in [3.8, 4) is 0 Å². The topological polar surface area (TPSA) is 71.1 Å². The van der Waals surface area contributed by atoms with Gasteiger partial charge in [-0.25, -0.2) is 0 Å². The van der Waals surface area contributed by atoms with Crippen LogP contribution in [0.15, 0.2) is 60.8 Å². The molecule has 0 atom stereocenters. The number of anilines is 2. The van der Waals surface area contributed by atoms with Gasteiger partial charge in [-0.15, -0.1) is 0 Å². The SMILES string of the molecule is CCc1ccccc1NC(=O)c1ccnc(C(=O)Nc2ccc(C)c(C)c2)c1. The summed E-state index contributed by atoms with van der Waals surface area (Å²) in [4.78, 5) is 29.3. The third kappa shape index (κ3) is 4.43. The first-order valence-electron chi connectivity index (χ1n) is 9.22. The molecule has 0 aliphatic carbocycles. The first-order chi connectivity index (χ1) is 13.5. The lowest BCUT2D eigenvalue weighted by atomic mass is 10.1. The maximum Gasteiger partial charge on any atom is 0.274 e. The molecule has 5 nitrogen and oxygen atoms in total. The van der Waals surface area contributed by atoms with E-state index in [0.717, 1.165) is 28.8 Å². The molecule has 0 unspecified atom stereocenters. The van der Waals surface area contributed by atoms with Crippen molar-refractivity contribution in [2.24, 2.45) is 0 Å². The largest absolute Gasteiger partial charge is 0.322 e. The lowest BCUT2D eigenvalue weighted by Gasteiger charge is -2.11. The normalized spacial score (nSPS) is 10.4. The summed E-state index contributed by atoms with van der Waals surface area (Å²) in [5.74, 6) is -0.629. The zero-order valence-electron chi connectivity index (χ0n) is 16.2. The molecule has 0 aliphatic heterocycles. The second-order valence-electron chi connectivity index (χ2n) is 6.65. The van der Waals surface area contributed by atoms with Gasteiger partial charge in [-0.1, -0.05) is 31.2 Å². The number of benzene rings is 2. The monoisotopic (exact) mass is 373 g/mol. The Hall–Kier alpha value is -3.47. The molecule has 0 saturated carbocycles. The van der Waals surface area contributed by atoms with Crippen molar-refractivity contribution in [1.82, 2.24) is 4.98 Å². The van der Waals surface area contributed by atoms with Crippen molar-refractivity contribution in [3.63, 3.8) is 0 Å². The number of aryl methyl sites for hydroxylation is 3. The minimum atomic E-state index is -0.355. The first-order valence-corrected chi connectivity index (χ1v) is 9.22. The molecule has 1 aromatic heterocycles. The van der Waals surface area contributed by atoms with Crippen LogP contribution in [-0.2, 0) is 6.42 Å². The average molecular weight is 373 g/mol. The fourth-order valence-corrected chi connectivity index (χ4v) is 2.86. The van der Waals surface area contributed by atoms with Gasteiger partial charge in [0.2, 0.25) is 0 Å². The smallest absolute Gasteiger partial charge is 0.274 e. The van der Waals surface area contributed by atoms with Gasteiger partial charge in [0.15, 0.2) is 0 Å². The van der Waals surface area contributed by atoms with Crippen molar-refractivity contribution in [2.45, 2.75) is 27.2 Å². The number of amides is 2. The summed E-state index contributed by atoms with van der Waals surface area (Å²) in [5, 5.41) is 5.74. The number of nitrogens with one attached hydrogen (secondary N) is 2. The van der Waals surface area contributed by atoms with E-state index in [4.69, 9.17) is 0 Å². The van der Waals surface area contributed by atoms with Gasteiger partial charge in [0.1, 0.15) is 5.69 Å². The predicted octanol–water partition coefficient (Wildman–Crippen LogP) is 4.77. The molecule has 2 N–H and O–H groups in total. The second-order valence-corrected chi connectivity index (χ2v) is 6.65. The summed E-state index contributed by atoms with van der Waals surface area (Å²) in [6, 6.07) is 16.5. The average Bonchev–Trinajstić information content (AvgIpc) is 2.71. The highest BCUT2D eigenvalue weighted by Gasteiger charge is 2.13. The zero-order valence-corrected chi connectivity index (χ0v) is 16.2. The molecule has 0 aliphatic rings. The van der Waals surface area contributed by atoms with E-state index in [1.165, 1.54) is 12.3 Å². The summed E-state index contributed by atoms with van der Waals surface area (Å²) in [6.07, 6.45) is 2.28. The highest BCUT2D eigenvalue weighted by molar-refractivity contribution is 6.08. The van der Waals surface area contributed by atoms with Gasteiger partial charge in [-0.3, -0.25) is 14.6 Å². The molecule has 3 rings (SSSR count). The summed E-state index contributed by atoms with van der Waals surface area (Å²) < 4.78 is 0. The van der Waals surface area contributed by atoms with E-state index in [-0.39, 0.29) is 17.5 Å². The molecule has 5 heteroatoms. The quantitative estimate of drug-likeness (QED) is 0.677. The maximum atomic E-state index is 12.6. The van der Waals surface area contributed by atoms with Crippen LogP contribution in [0.3, 0.4) is 0 Å². The van der Waals surface area contributed by atoms with Gasteiger partial charge in [-0.05, 0) is 67.3 Å². The number of carbonyl (C=O) groups excluding carboxylic acids is 2. The summed E-state index contributed by atoms with van der Waals surface area (Å²) in [5.41, 5.74) is 5.34. The van der Waals surface area contributed by atoms with E-state index in [1.807, 2.05) is 63.2 Å². The number of carbonyl (C=O) groups is 2. The van der Waals surface area contributed by atoms with E-state index in [1.54, 1.807) is 6.07 Å². The van der Waals surface area contributed by atoms with Crippen molar-refractivity contribution in [1.29, 1.82) is 0 Å². The highest BCUT2D eigenvalue weighted by Crippen LogP contribution is 2.18. The van der Waals surface area contributed by atoms with Crippen LogP contribution in [-0.4, -0.2) is 16.8 Å². The molecule has 3 aromatic rings. The number of nitrogens with zero attached hydrogens (tertiary/aromatic N) is 1. The Bertz CT molecular complexity index is 1030. The Kier molecular flexibility index (Phi) is 5.84. The van der Waals surface area contributed by atoms with Crippen LogP contribution in [0, 0.1) is 13.8 Å². The molecule has 0 saturated heterocycles. The van der Waals surface area contributed by atoms with Crippen molar-refractivity contribution in [2.75, 3.05) is 10.6 Å². The molecule has 2 amide bonds. The van der Waals surface area contributed by atoms with E-state index < -0.39 is 0 Å². The van der Waals surface area contributed by atoms with Gasteiger partial charge in [0.25, 0.3) is 11.8 Å². The maximum absolute atomic E-state index is 12.6. The number of rotatable bonds is 5. The van der Waals surface area contributed by atoms with Gasteiger partial charge in [0.05, 0.1) is 0 Å². The van der Waals surface area contributed by atoms with Crippen molar-refractivity contribution >= 4 is 23.2 Å². The molecule has 0 bridgehead atoms. The van der Waals surface area contributed by atoms with E-state index in [2.05, 4.69) is 15.6 Å². The minimum absolute atomic E-state index is 0.189. The molecule has 142 valence electrons. The number of hydrogen-bond donors (Lipinski definition) is 2. The van der Waals surface area contributed by atoms with E-state index >= 15 is 0 Å². The Morgan fingerprint density at radius 3 is 2.43 bits per heavy atom. The number of aromatic nitrogens is 1. The van der Waals surface area contributed by atoms with Gasteiger partial charge in [0, 0.05) is 23.1 Å². The van der Waals surface area contributed by atoms with Crippen LogP contribution in [0.5, 0.6) is 0 Å². The molecular formula is C23H23N3O2. The van der Waals surface area contributed by atoms with Crippen LogP contribution in [0.4, 0.5) is 11.4 Å². The summed E-state index contributed by atoms with van der Waals surface area (Å²) in [6.45, 7) is 6.04. The van der Waals surface area contributed by atoms with Crippen LogP contribution in [0.1, 0.15) is 44.5 Å². The molecule has 2 aromatic carbocycles. The third-order valence-electron chi connectivity index (χ3n) is 4.67. The fourth-order valence-electron chi connectivity index (χ4n) is 2.86. The lowest BCUT2D eigenvalue weighted by Crippen LogP contribution is -2.17. The number of para-hydroxylation sites is 1. The molecule has 0 radical (unpaired) electrons. The van der Waals surface area contributed by atoms with Gasteiger partial charge >= 0.3 is 0 Å². The summed E-state index contributed by atoms with van der Waals surface area (Å²) >= 11 is 0. The molecule has 1 heterocycles. The van der Waals surface area contributed by atoms with Crippen LogP contribution < -0.4 is 10.6 Å². The predicted molar refractivity (Wildman–Crippen MR) is 112 cm³/mol. The van der Waals surface area contributed by atoms with Crippen LogP contribution in [0.2, 0.25) is 0 Å². The molecule has 28 heavy (non-hydrogen) atoms. The molecule has 0 fully saturated rings. The second kappa shape index (κ2) is 8.48. The lowest BCUT2D eigenvalue weighted by molar-refractivity contribution is 0.102. The van der Waals surface area contributed by atoms with E-state index in [0.29, 0.717) is 11.3 Å². The first kappa shape index (κ1) is 19.3. The highest BCUT2D eigenvalue weighted by atomic mass is 16.2. The number of hydrogen-bond acceptors (Lipinski definition) is 3. The van der Waals surface area contributed by atoms with Crippen LogP contribution >= 0.6 is 0 Å². The van der Waals surface area contributed by atoms with Gasteiger partial charge in [-0.2, -0.15) is 0 Å². The minimum Gasteiger partial charge on any atom is -0.322 e. The van der Waals surface area contributed by atoms with Crippen LogP contribution in [0.25, 0.3) is 0 Å². The van der Waals surface area contributed by atoms with E-state index in [9.17, 15) is 9.59 Å². The van der Waals surface area contributed by atoms with Crippen molar-refractivity contribution < 1.29 is 9.59 Å². The van der Waals surface area contributed by atoms with Gasteiger partial charge < -0.3 is 10.6 Å². The zero-order chi connectivity index (χ0) is 20.1. The molecule has 0 spiro atoms. The standard InChI is InChI=1S/C23H23N3O2/c1-4-17-7-5-6-8-20(17)26-22(27)18-11-12-24-21(14-18)23(28)25-19-10-9-15(2)16(3)13-19/h5-14H,4H2,1-3H3,(H,25,28)(H,26,27). The Labute approximate surface area is 164 Å². The number of pyridine rings is 1. The Morgan fingerprint density at radius 2 is 1.68 bits per heavy atom. The fraction of sp³-hybridized carbons (Fsp3) is 0.174.